The molecule has 2 rings (SSSR count). The predicted octanol–water partition coefficient (Wildman–Crippen LogP) is 5.03. The van der Waals surface area contributed by atoms with Gasteiger partial charge in [0.2, 0.25) is 0 Å². The van der Waals surface area contributed by atoms with Gasteiger partial charge < -0.3 is 4.74 Å². The molecule has 0 N–H and O–H groups in total. The fourth-order valence-corrected chi connectivity index (χ4v) is 2.33. The standard InChI is InChI=1S/C14H8Cl3FO2/c1-20-13-6-10(16)8(5-11(13)17)14(19)9-4-7(15)2-3-12(9)18/h2-6H,1H3. The van der Waals surface area contributed by atoms with Crippen molar-refractivity contribution in [3.8, 4) is 5.75 Å². The van der Waals surface area contributed by atoms with Gasteiger partial charge in [0.25, 0.3) is 0 Å². The molecule has 0 fully saturated rings. The number of methoxy groups -OCH3 is 1. The molecular formula is C14H8Cl3FO2. The van der Waals surface area contributed by atoms with Crippen LogP contribution in [0.1, 0.15) is 15.9 Å². The van der Waals surface area contributed by atoms with E-state index in [0.29, 0.717) is 5.75 Å². The minimum Gasteiger partial charge on any atom is -0.495 e. The Morgan fingerprint density at radius 2 is 1.75 bits per heavy atom. The lowest BCUT2D eigenvalue weighted by atomic mass is 10.0. The molecule has 0 aromatic heterocycles. The number of ketones is 1. The SMILES string of the molecule is COc1cc(Cl)c(C(=O)c2cc(Cl)ccc2F)cc1Cl. The predicted molar refractivity (Wildman–Crippen MR) is 77.9 cm³/mol. The Bertz CT molecular complexity index is 686. The van der Waals surface area contributed by atoms with E-state index in [1.165, 1.54) is 31.4 Å². The van der Waals surface area contributed by atoms with Crippen LogP contribution in [0.3, 0.4) is 0 Å². The van der Waals surface area contributed by atoms with Crippen molar-refractivity contribution in [2.75, 3.05) is 7.11 Å². The lowest BCUT2D eigenvalue weighted by molar-refractivity contribution is 0.103. The molecule has 0 aliphatic rings. The molecule has 0 heterocycles. The third-order valence-corrected chi connectivity index (χ3v) is 3.50. The van der Waals surface area contributed by atoms with Crippen LogP contribution in [-0.2, 0) is 0 Å². The van der Waals surface area contributed by atoms with Crippen LogP contribution < -0.4 is 4.74 Å². The van der Waals surface area contributed by atoms with E-state index < -0.39 is 11.6 Å². The Morgan fingerprint density at radius 1 is 1.05 bits per heavy atom. The van der Waals surface area contributed by atoms with Crippen molar-refractivity contribution < 1.29 is 13.9 Å². The third kappa shape index (κ3) is 2.90. The Morgan fingerprint density at radius 3 is 2.40 bits per heavy atom. The third-order valence-electron chi connectivity index (χ3n) is 2.66. The summed E-state index contributed by atoms with van der Waals surface area (Å²) in [5.41, 5.74) is -0.0840. The summed E-state index contributed by atoms with van der Waals surface area (Å²) in [5, 5.41) is 0.587. The summed E-state index contributed by atoms with van der Waals surface area (Å²) in [7, 11) is 1.43. The van der Waals surface area contributed by atoms with Crippen LogP contribution in [0.5, 0.6) is 5.75 Å². The van der Waals surface area contributed by atoms with Gasteiger partial charge in [-0.3, -0.25) is 4.79 Å². The molecule has 104 valence electrons. The first-order chi connectivity index (χ1) is 9.43. The monoisotopic (exact) mass is 332 g/mol. The molecule has 6 heteroatoms. The molecule has 2 aromatic rings. The summed E-state index contributed by atoms with van der Waals surface area (Å²) in [6, 6.07) is 6.46. The van der Waals surface area contributed by atoms with E-state index in [4.69, 9.17) is 39.5 Å². The maximum atomic E-state index is 13.7. The van der Waals surface area contributed by atoms with Crippen LogP contribution in [0.2, 0.25) is 15.1 Å². The van der Waals surface area contributed by atoms with Crippen LogP contribution in [0.25, 0.3) is 0 Å². The molecule has 2 nitrogen and oxygen atoms in total. The minimum atomic E-state index is -0.678. The molecule has 0 saturated heterocycles. The smallest absolute Gasteiger partial charge is 0.197 e. The molecule has 0 atom stereocenters. The minimum absolute atomic E-state index is 0.0821. The fraction of sp³-hybridized carbons (Fsp3) is 0.0714. The van der Waals surface area contributed by atoms with Crippen LogP contribution >= 0.6 is 34.8 Å². The van der Waals surface area contributed by atoms with Crippen molar-refractivity contribution in [1.29, 1.82) is 0 Å². The van der Waals surface area contributed by atoms with Crippen LogP contribution in [0.15, 0.2) is 30.3 Å². The van der Waals surface area contributed by atoms with Gasteiger partial charge in [-0.05, 0) is 24.3 Å². The van der Waals surface area contributed by atoms with Gasteiger partial charge >= 0.3 is 0 Å². The molecular weight excluding hydrogens is 326 g/mol. The van der Waals surface area contributed by atoms with Crippen LogP contribution in [-0.4, -0.2) is 12.9 Å². The zero-order chi connectivity index (χ0) is 14.9. The van der Waals surface area contributed by atoms with Gasteiger partial charge in [-0.25, -0.2) is 4.39 Å². The molecule has 2 aromatic carbocycles. The summed E-state index contributed by atoms with van der Waals surface area (Å²) in [6.07, 6.45) is 0. The fourth-order valence-electron chi connectivity index (χ4n) is 1.68. The first-order valence-corrected chi connectivity index (χ1v) is 6.60. The summed E-state index contributed by atoms with van der Waals surface area (Å²) in [4.78, 5) is 12.3. The first-order valence-electron chi connectivity index (χ1n) is 5.47. The second kappa shape index (κ2) is 6.00. The van der Waals surface area contributed by atoms with Crippen molar-refractivity contribution in [1.82, 2.24) is 0 Å². The number of hydrogen-bond donors (Lipinski definition) is 0. The Kier molecular flexibility index (Phi) is 4.53. The number of carbonyl (C=O) groups excluding carboxylic acids is 1. The quantitative estimate of drug-likeness (QED) is 0.737. The molecule has 0 saturated carbocycles. The zero-order valence-electron chi connectivity index (χ0n) is 10.2. The summed E-state index contributed by atoms with van der Waals surface area (Å²) in [5.74, 6) is -0.943. The van der Waals surface area contributed by atoms with E-state index in [1.54, 1.807) is 0 Å². The molecule has 0 spiro atoms. The number of rotatable bonds is 3. The van der Waals surface area contributed by atoms with Crippen LogP contribution in [0, 0.1) is 5.82 Å². The Hall–Kier alpha value is -1.29. The van der Waals surface area contributed by atoms with Gasteiger partial charge in [-0.1, -0.05) is 34.8 Å². The van der Waals surface area contributed by atoms with Crippen molar-refractivity contribution in [2.45, 2.75) is 0 Å². The Balaban J connectivity index is 2.54. The number of halogens is 4. The highest BCUT2D eigenvalue weighted by Gasteiger charge is 2.19. The van der Waals surface area contributed by atoms with E-state index in [9.17, 15) is 9.18 Å². The van der Waals surface area contributed by atoms with E-state index in [1.807, 2.05) is 0 Å². The average molecular weight is 334 g/mol. The highest BCUT2D eigenvalue weighted by atomic mass is 35.5. The van der Waals surface area contributed by atoms with Crippen molar-refractivity contribution in [3.63, 3.8) is 0 Å². The lowest BCUT2D eigenvalue weighted by Gasteiger charge is -2.09. The van der Waals surface area contributed by atoms with Crippen molar-refractivity contribution in [2.24, 2.45) is 0 Å². The first kappa shape index (κ1) is 15.1. The average Bonchev–Trinajstić information content (AvgIpc) is 2.42. The summed E-state index contributed by atoms with van der Waals surface area (Å²) < 4.78 is 18.7. The second-order valence-electron chi connectivity index (χ2n) is 3.92. The van der Waals surface area contributed by atoms with Gasteiger partial charge in [0, 0.05) is 16.7 Å². The molecule has 0 aliphatic heterocycles. The molecule has 20 heavy (non-hydrogen) atoms. The number of benzene rings is 2. The van der Waals surface area contributed by atoms with Crippen molar-refractivity contribution >= 4 is 40.6 Å². The summed E-state index contributed by atoms with van der Waals surface area (Å²) >= 11 is 17.7. The number of carbonyl (C=O) groups is 1. The van der Waals surface area contributed by atoms with E-state index in [-0.39, 0.29) is 26.2 Å². The molecule has 0 unspecified atom stereocenters. The van der Waals surface area contributed by atoms with E-state index in [2.05, 4.69) is 0 Å². The Labute approximate surface area is 130 Å². The maximum Gasteiger partial charge on any atom is 0.197 e. The highest BCUT2D eigenvalue weighted by molar-refractivity contribution is 6.38. The van der Waals surface area contributed by atoms with Crippen LogP contribution in [0.4, 0.5) is 4.39 Å². The highest BCUT2D eigenvalue weighted by Crippen LogP contribution is 2.32. The lowest BCUT2D eigenvalue weighted by Crippen LogP contribution is -2.05. The van der Waals surface area contributed by atoms with Gasteiger partial charge in [-0.2, -0.15) is 0 Å². The molecule has 0 radical (unpaired) electrons. The maximum absolute atomic E-state index is 13.7. The molecule has 0 amide bonds. The number of ether oxygens (including phenoxy) is 1. The zero-order valence-corrected chi connectivity index (χ0v) is 12.5. The van der Waals surface area contributed by atoms with Gasteiger partial charge in [0.1, 0.15) is 11.6 Å². The second-order valence-corrected chi connectivity index (χ2v) is 5.17. The number of hydrogen-bond acceptors (Lipinski definition) is 2. The van der Waals surface area contributed by atoms with E-state index >= 15 is 0 Å². The molecule has 0 bridgehead atoms. The van der Waals surface area contributed by atoms with Gasteiger partial charge in [-0.15, -0.1) is 0 Å². The van der Waals surface area contributed by atoms with Gasteiger partial charge in [0.05, 0.1) is 22.7 Å². The van der Waals surface area contributed by atoms with Crippen molar-refractivity contribution in [3.05, 3.63) is 62.3 Å². The van der Waals surface area contributed by atoms with E-state index in [0.717, 1.165) is 6.07 Å². The largest absolute Gasteiger partial charge is 0.495 e. The topological polar surface area (TPSA) is 26.3 Å². The normalized spacial score (nSPS) is 10.4. The summed E-state index contributed by atoms with van der Waals surface area (Å²) in [6.45, 7) is 0. The van der Waals surface area contributed by atoms with Gasteiger partial charge in [0.15, 0.2) is 5.78 Å². The molecule has 0 aliphatic carbocycles.